The SMILES string of the molecule is CC(=O)N1CCc2c(c(-c3cccc4cc(-c5ccc(-c6ccc(C(=O)NC7C(C)(C)C(Oc8ccc(C#N)c(C)c8)C7(C)C)cn6)nc5)ncc34)nn2C2CCOCC2)C1. The highest BCUT2D eigenvalue weighted by molar-refractivity contribution is 5.98. The monoisotopic (exact) mass is 814 g/mol. The summed E-state index contributed by atoms with van der Waals surface area (Å²) in [4.78, 5) is 42.2. The lowest BCUT2D eigenvalue weighted by Crippen LogP contribution is -2.74. The van der Waals surface area contributed by atoms with Gasteiger partial charge in [0.25, 0.3) is 5.91 Å². The maximum Gasteiger partial charge on any atom is 0.253 e. The maximum atomic E-state index is 13.5. The molecule has 1 aliphatic carbocycles. The number of benzene rings is 2. The number of nitrogens with zero attached hydrogens (tertiary/aromatic N) is 7. The first-order valence-electron chi connectivity index (χ1n) is 21.1. The van der Waals surface area contributed by atoms with Gasteiger partial charge in [-0.2, -0.15) is 10.4 Å². The van der Waals surface area contributed by atoms with Gasteiger partial charge >= 0.3 is 0 Å². The van der Waals surface area contributed by atoms with Crippen molar-refractivity contribution in [1.29, 1.82) is 5.26 Å². The number of nitriles is 1. The zero-order valence-corrected chi connectivity index (χ0v) is 35.5. The molecule has 3 aliphatic rings. The Morgan fingerprint density at radius 3 is 2.31 bits per heavy atom. The fourth-order valence-corrected chi connectivity index (χ4v) is 10.1. The van der Waals surface area contributed by atoms with E-state index in [0.717, 1.165) is 76.9 Å². The van der Waals surface area contributed by atoms with Crippen molar-refractivity contribution in [2.24, 2.45) is 10.8 Å². The summed E-state index contributed by atoms with van der Waals surface area (Å²) in [5, 5.41) is 19.9. The van der Waals surface area contributed by atoms with Crippen LogP contribution in [-0.4, -0.2) is 73.4 Å². The van der Waals surface area contributed by atoms with E-state index in [1.807, 2.05) is 48.4 Å². The summed E-state index contributed by atoms with van der Waals surface area (Å²) in [5.41, 5.74) is 8.52. The number of pyridine rings is 3. The second-order valence-electron chi connectivity index (χ2n) is 17.8. The van der Waals surface area contributed by atoms with Gasteiger partial charge in [-0.05, 0) is 79.2 Å². The van der Waals surface area contributed by atoms with Crippen LogP contribution < -0.4 is 10.1 Å². The van der Waals surface area contributed by atoms with E-state index in [1.54, 1.807) is 31.5 Å². The molecule has 0 unspecified atom stereocenters. The second-order valence-corrected chi connectivity index (χ2v) is 17.8. The van der Waals surface area contributed by atoms with Gasteiger partial charge in [-0.15, -0.1) is 0 Å². The Labute approximate surface area is 356 Å². The van der Waals surface area contributed by atoms with E-state index >= 15 is 0 Å². The number of carbonyl (C=O) groups is 2. The van der Waals surface area contributed by atoms with Crippen LogP contribution in [0.3, 0.4) is 0 Å². The van der Waals surface area contributed by atoms with Crippen molar-refractivity contribution in [3.05, 3.63) is 113 Å². The van der Waals surface area contributed by atoms with Gasteiger partial charge in [-0.25, -0.2) is 0 Å². The zero-order valence-electron chi connectivity index (χ0n) is 35.5. The molecule has 6 aromatic rings. The average molecular weight is 815 g/mol. The van der Waals surface area contributed by atoms with Crippen LogP contribution in [0.2, 0.25) is 0 Å². The van der Waals surface area contributed by atoms with Gasteiger partial charge in [0.2, 0.25) is 5.91 Å². The number of hydrogen-bond donors (Lipinski definition) is 1. The van der Waals surface area contributed by atoms with Gasteiger partial charge in [0, 0.05) is 103 Å². The van der Waals surface area contributed by atoms with Crippen molar-refractivity contribution in [2.45, 2.75) is 85.5 Å². The van der Waals surface area contributed by atoms with Crippen molar-refractivity contribution in [1.82, 2.24) is 34.9 Å². The fraction of sp³-hybridized carbons (Fsp3) is 0.367. The lowest BCUT2D eigenvalue weighted by atomic mass is 9.49. The standard InChI is InChI=1S/C49H50N8O4/c1-29-22-36(13-10-32(29)24-50)61-47-48(3,4)46(49(47,5)6)54-45(59)34-12-15-41(52-26-34)40-14-11-33(25-51-40)42-23-31-8-7-9-37(38(31)27-53-42)44-39-28-56(30(2)58)19-16-43(39)57(55-44)35-17-20-60-21-18-35/h7-15,22-23,25-27,35,46-47H,16-21,28H2,1-6H3,(H,54,59). The van der Waals surface area contributed by atoms with Gasteiger partial charge in [0.1, 0.15) is 11.9 Å². The third-order valence-electron chi connectivity index (χ3n) is 13.1. The number of amides is 2. The molecule has 0 atom stereocenters. The smallest absolute Gasteiger partial charge is 0.253 e. The first kappa shape index (κ1) is 40.0. The molecule has 4 aromatic heterocycles. The molecule has 12 nitrogen and oxygen atoms in total. The molecule has 61 heavy (non-hydrogen) atoms. The van der Waals surface area contributed by atoms with Crippen LogP contribution in [0.25, 0.3) is 44.7 Å². The molecule has 0 spiro atoms. The van der Waals surface area contributed by atoms with Crippen molar-refractivity contribution in [3.63, 3.8) is 0 Å². The van der Waals surface area contributed by atoms with Gasteiger partial charge < -0.3 is 19.7 Å². The fourth-order valence-electron chi connectivity index (χ4n) is 10.1. The second kappa shape index (κ2) is 15.5. The average Bonchev–Trinajstić information content (AvgIpc) is 3.66. The maximum absolute atomic E-state index is 13.5. The van der Waals surface area contributed by atoms with E-state index in [4.69, 9.17) is 24.5 Å². The Bertz CT molecular complexity index is 2690. The molecule has 0 radical (unpaired) electrons. The summed E-state index contributed by atoms with van der Waals surface area (Å²) in [7, 11) is 0. The Kier molecular flexibility index (Phi) is 10.2. The topological polar surface area (TPSA) is 148 Å². The Morgan fingerprint density at radius 2 is 1.64 bits per heavy atom. The lowest BCUT2D eigenvalue weighted by molar-refractivity contribution is -0.164. The van der Waals surface area contributed by atoms with Gasteiger partial charge in [0.15, 0.2) is 0 Å². The molecule has 2 aliphatic heterocycles. The van der Waals surface area contributed by atoms with E-state index in [1.165, 1.54) is 5.69 Å². The third kappa shape index (κ3) is 7.20. The van der Waals surface area contributed by atoms with Gasteiger partial charge in [-0.3, -0.25) is 29.2 Å². The first-order chi connectivity index (χ1) is 29.3. The number of ether oxygens (including phenoxy) is 2. The first-order valence-corrected chi connectivity index (χ1v) is 21.1. The molecule has 2 fully saturated rings. The molecule has 0 bridgehead atoms. The zero-order chi connectivity index (χ0) is 42.6. The minimum atomic E-state index is -0.351. The van der Waals surface area contributed by atoms with Crippen LogP contribution in [0.1, 0.15) is 86.2 Å². The highest BCUT2D eigenvalue weighted by atomic mass is 16.5. The van der Waals surface area contributed by atoms with Crippen LogP contribution in [0.15, 0.2) is 85.3 Å². The number of hydrogen-bond acceptors (Lipinski definition) is 9. The molecule has 310 valence electrons. The van der Waals surface area contributed by atoms with Crippen molar-refractivity contribution < 1.29 is 19.1 Å². The molecule has 1 N–H and O–H groups in total. The molecule has 1 saturated heterocycles. The molecule has 12 heteroatoms. The highest BCUT2D eigenvalue weighted by Gasteiger charge is 2.64. The van der Waals surface area contributed by atoms with Gasteiger partial charge in [-0.1, -0.05) is 45.9 Å². The van der Waals surface area contributed by atoms with Crippen LogP contribution in [-0.2, 0) is 22.5 Å². The normalized spacial score (nSPS) is 19.4. The Morgan fingerprint density at radius 1 is 0.902 bits per heavy atom. The van der Waals surface area contributed by atoms with Crippen LogP contribution in [0, 0.1) is 29.1 Å². The van der Waals surface area contributed by atoms with E-state index in [9.17, 15) is 14.9 Å². The largest absolute Gasteiger partial charge is 0.489 e. The summed E-state index contributed by atoms with van der Waals surface area (Å²) in [6.07, 6.45) is 7.79. The molecule has 1 saturated carbocycles. The summed E-state index contributed by atoms with van der Waals surface area (Å²) >= 11 is 0. The lowest BCUT2D eigenvalue weighted by Gasteiger charge is -2.63. The molecular weight excluding hydrogens is 765 g/mol. The Balaban J connectivity index is 0.898. The molecule has 2 amide bonds. The summed E-state index contributed by atoms with van der Waals surface area (Å²) in [6, 6.07) is 23.7. The number of fused-ring (bicyclic) bond motifs is 2. The minimum absolute atomic E-state index is 0.0747. The summed E-state index contributed by atoms with van der Waals surface area (Å²) < 4.78 is 14.4. The predicted molar refractivity (Wildman–Crippen MR) is 232 cm³/mol. The van der Waals surface area contributed by atoms with Crippen molar-refractivity contribution in [2.75, 3.05) is 19.8 Å². The molecule has 9 rings (SSSR count). The van der Waals surface area contributed by atoms with E-state index in [-0.39, 0.29) is 40.8 Å². The van der Waals surface area contributed by atoms with E-state index < -0.39 is 0 Å². The number of aryl methyl sites for hydroxylation is 1. The van der Waals surface area contributed by atoms with E-state index in [2.05, 4.69) is 73.0 Å². The van der Waals surface area contributed by atoms with Crippen molar-refractivity contribution >= 4 is 22.6 Å². The summed E-state index contributed by atoms with van der Waals surface area (Å²) in [6.45, 7) is 14.7. The van der Waals surface area contributed by atoms with Crippen LogP contribution in [0.4, 0.5) is 0 Å². The minimum Gasteiger partial charge on any atom is -0.489 e. The van der Waals surface area contributed by atoms with Crippen LogP contribution >= 0.6 is 0 Å². The molecular formula is C49H50N8O4. The van der Waals surface area contributed by atoms with Gasteiger partial charge in [0.05, 0.1) is 46.0 Å². The van der Waals surface area contributed by atoms with E-state index in [0.29, 0.717) is 41.4 Å². The third-order valence-corrected chi connectivity index (χ3v) is 13.1. The summed E-state index contributed by atoms with van der Waals surface area (Å²) in [5.74, 6) is 0.591. The quantitative estimate of drug-likeness (QED) is 0.160. The molecule has 2 aromatic carbocycles. The van der Waals surface area contributed by atoms with Crippen LogP contribution in [0.5, 0.6) is 5.75 Å². The highest BCUT2D eigenvalue weighted by Crippen LogP contribution is 2.55. The van der Waals surface area contributed by atoms with Crippen molar-refractivity contribution in [3.8, 4) is 45.7 Å². The number of aromatic nitrogens is 5. The molecule has 6 heterocycles. The Hall–Kier alpha value is -6.45. The number of nitrogens with one attached hydrogen (secondary N) is 1. The number of rotatable bonds is 8. The number of carbonyl (C=O) groups excluding carboxylic acids is 2. The predicted octanol–water partition coefficient (Wildman–Crippen LogP) is 8.27.